The highest BCUT2D eigenvalue weighted by Gasteiger charge is 2.50. The molecule has 0 aromatic heterocycles. The molecule has 1 N–H and O–H groups in total. The third-order valence-electron chi connectivity index (χ3n) is 6.50. The lowest BCUT2D eigenvalue weighted by atomic mass is 9.92. The number of fused-ring (bicyclic) bond motifs is 1. The van der Waals surface area contributed by atoms with Crippen molar-refractivity contribution in [3.05, 3.63) is 90.0 Å². The third-order valence-corrected chi connectivity index (χ3v) is 7.64. The van der Waals surface area contributed by atoms with Crippen LogP contribution in [0.25, 0.3) is 0 Å². The van der Waals surface area contributed by atoms with Crippen molar-refractivity contribution in [2.75, 3.05) is 24.3 Å². The molecular formula is C27H25N3O4S. The number of carbonyl (C=O) groups excluding carboxylic acids is 3. The predicted octanol–water partition coefficient (Wildman–Crippen LogP) is 4.34. The van der Waals surface area contributed by atoms with Crippen LogP contribution in [0.4, 0.5) is 10.5 Å². The van der Waals surface area contributed by atoms with Gasteiger partial charge in [-0.05, 0) is 42.3 Å². The van der Waals surface area contributed by atoms with Gasteiger partial charge in [-0.1, -0.05) is 54.6 Å². The highest BCUT2D eigenvalue weighted by molar-refractivity contribution is 7.99. The Hall–Kier alpha value is -3.78. The molecule has 0 spiro atoms. The molecule has 0 bridgehead atoms. The molecule has 5 rings (SSSR count). The fourth-order valence-electron chi connectivity index (χ4n) is 4.60. The van der Waals surface area contributed by atoms with E-state index in [1.807, 2.05) is 54.6 Å². The Bertz CT molecular complexity index is 1300. The van der Waals surface area contributed by atoms with Crippen LogP contribution in [0.15, 0.2) is 83.8 Å². The molecule has 1 saturated heterocycles. The van der Waals surface area contributed by atoms with E-state index in [1.54, 1.807) is 55.0 Å². The number of rotatable bonds is 5. The molecule has 2 atom stereocenters. The first-order valence-electron chi connectivity index (χ1n) is 11.3. The number of anilines is 1. The number of thioether (sulfide) groups is 1. The van der Waals surface area contributed by atoms with E-state index in [0.717, 1.165) is 21.0 Å². The number of benzene rings is 3. The number of ether oxygens (including phenoxy) is 1. The van der Waals surface area contributed by atoms with Gasteiger partial charge in [-0.25, -0.2) is 4.79 Å². The molecule has 2 unspecified atom stereocenters. The maximum Gasteiger partial charge on any atom is 0.325 e. The van der Waals surface area contributed by atoms with Crippen molar-refractivity contribution in [3.63, 3.8) is 0 Å². The Morgan fingerprint density at radius 3 is 2.57 bits per heavy atom. The van der Waals surface area contributed by atoms with Gasteiger partial charge in [0.15, 0.2) is 0 Å². The molecule has 2 aliphatic heterocycles. The summed E-state index contributed by atoms with van der Waals surface area (Å²) in [6.45, 7) is 1.29. The van der Waals surface area contributed by atoms with Gasteiger partial charge < -0.3 is 15.0 Å². The van der Waals surface area contributed by atoms with Crippen molar-refractivity contribution in [2.45, 2.75) is 23.4 Å². The normalized spacial score (nSPS) is 21.5. The highest BCUT2D eigenvalue weighted by Crippen LogP contribution is 2.43. The van der Waals surface area contributed by atoms with Gasteiger partial charge in [0.25, 0.3) is 5.91 Å². The lowest BCUT2D eigenvalue weighted by Crippen LogP contribution is -2.47. The molecule has 8 heteroatoms. The van der Waals surface area contributed by atoms with Crippen molar-refractivity contribution >= 4 is 35.3 Å². The maximum absolute atomic E-state index is 13.8. The molecule has 2 heterocycles. The largest absolute Gasteiger partial charge is 0.497 e. The monoisotopic (exact) mass is 487 g/mol. The minimum absolute atomic E-state index is 0.214. The number of amides is 4. The summed E-state index contributed by atoms with van der Waals surface area (Å²) in [6, 6.07) is 23.7. The molecule has 0 saturated carbocycles. The van der Waals surface area contributed by atoms with Crippen molar-refractivity contribution in [1.82, 2.24) is 10.2 Å². The van der Waals surface area contributed by atoms with Gasteiger partial charge in [0.1, 0.15) is 17.8 Å². The lowest BCUT2D eigenvalue weighted by molar-refractivity contribution is -0.134. The number of hydrogen-bond donors (Lipinski definition) is 1. The van der Waals surface area contributed by atoms with Crippen LogP contribution >= 0.6 is 11.8 Å². The molecule has 7 nitrogen and oxygen atoms in total. The Morgan fingerprint density at radius 1 is 1.06 bits per heavy atom. The first kappa shape index (κ1) is 23.0. The molecular weight excluding hydrogens is 462 g/mol. The van der Waals surface area contributed by atoms with Crippen molar-refractivity contribution < 1.29 is 19.1 Å². The van der Waals surface area contributed by atoms with E-state index in [9.17, 15) is 14.4 Å². The SMILES string of the molecule is COc1cccc(C2(C)NC(=O)N(CC(=O)N3c4ccccc4SCC3c3ccccc3)C2=O)c1. The number of nitrogens with zero attached hydrogens (tertiary/aromatic N) is 2. The zero-order chi connectivity index (χ0) is 24.6. The summed E-state index contributed by atoms with van der Waals surface area (Å²) in [5.74, 6) is 0.465. The maximum atomic E-state index is 13.8. The van der Waals surface area contributed by atoms with Crippen molar-refractivity contribution in [2.24, 2.45) is 0 Å². The molecule has 2 aliphatic rings. The van der Waals surface area contributed by atoms with Crippen LogP contribution in [-0.4, -0.2) is 42.2 Å². The Kier molecular flexibility index (Phi) is 5.98. The molecule has 35 heavy (non-hydrogen) atoms. The molecule has 1 fully saturated rings. The van der Waals surface area contributed by atoms with E-state index in [0.29, 0.717) is 17.1 Å². The summed E-state index contributed by atoms with van der Waals surface area (Å²) in [5.41, 5.74) is 1.08. The van der Waals surface area contributed by atoms with Crippen molar-refractivity contribution in [1.29, 1.82) is 0 Å². The molecule has 0 aliphatic carbocycles. The minimum atomic E-state index is -1.29. The second kappa shape index (κ2) is 9.11. The van der Waals surface area contributed by atoms with Gasteiger partial charge in [0, 0.05) is 10.6 Å². The average Bonchev–Trinajstić information content (AvgIpc) is 3.12. The van der Waals surface area contributed by atoms with Crippen molar-refractivity contribution in [3.8, 4) is 5.75 Å². The molecule has 0 radical (unpaired) electrons. The summed E-state index contributed by atoms with van der Waals surface area (Å²) in [6.07, 6.45) is 0. The first-order valence-corrected chi connectivity index (χ1v) is 12.3. The minimum Gasteiger partial charge on any atom is -0.497 e. The fraction of sp³-hybridized carbons (Fsp3) is 0.222. The predicted molar refractivity (Wildman–Crippen MR) is 134 cm³/mol. The Morgan fingerprint density at radius 2 is 1.80 bits per heavy atom. The third kappa shape index (κ3) is 4.04. The molecule has 3 aromatic rings. The average molecular weight is 488 g/mol. The van der Waals surface area contributed by atoms with E-state index in [-0.39, 0.29) is 18.5 Å². The van der Waals surface area contributed by atoms with Gasteiger partial charge >= 0.3 is 6.03 Å². The van der Waals surface area contributed by atoms with Crippen LogP contribution in [0, 0.1) is 0 Å². The van der Waals surface area contributed by atoms with Gasteiger partial charge in [0.05, 0.1) is 18.8 Å². The fourth-order valence-corrected chi connectivity index (χ4v) is 5.77. The van der Waals surface area contributed by atoms with Crippen LogP contribution in [0.2, 0.25) is 0 Å². The van der Waals surface area contributed by atoms with E-state index in [4.69, 9.17) is 4.74 Å². The topological polar surface area (TPSA) is 79.0 Å². The second-order valence-corrected chi connectivity index (χ2v) is 9.71. The quantitative estimate of drug-likeness (QED) is 0.542. The van der Waals surface area contributed by atoms with E-state index in [2.05, 4.69) is 5.32 Å². The van der Waals surface area contributed by atoms with Crippen LogP contribution < -0.4 is 15.0 Å². The second-order valence-electron chi connectivity index (χ2n) is 8.65. The van der Waals surface area contributed by atoms with Gasteiger partial charge in [0.2, 0.25) is 5.91 Å². The first-order chi connectivity index (χ1) is 16.9. The number of imide groups is 1. The van der Waals surface area contributed by atoms with Gasteiger partial charge in [-0.2, -0.15) is 0 Å². The zero-order valence-corrected chi connectivity index (χ0v) is 20.2. The van der Waals surface area contributed by atoms with E-state index < -0.39 is 17.5 Å². The highest BCUT2D eigenvalue weighted by atomic mass is 32.2. The lowest BCUT2D eigenvalue weighted by Gasteiger charge is -2.37. The summed E-state index contributed by atoms with van der Waals surface area (Å²) >= 11 is 1.69. The van der Waals surface area contributed by atoms with E-state index in [1.165, 1.54) is 0 Å². The zero-order valence-electron chi connectivity index (χ0n) is 19.4. The summed E-state index contributed by atoms with van der Waals surface area (Å²) < 4.78 is 5.28. The molecule has 178 valence electrons. The van der Waals surface area contributed by atoms with Crippen LogP contribution in [-0.2, 0) is 15.1 Å². The summed E-state index contributed by atoms with van der Waals surface area (Å²) in [4.78, 5) is 43.9. The van der Waals surface area contributed by atoms with Crippen LogP contribution in [0.3, 0.4) is 0 Å². The number of methoxy groups -OCH3 is 1. The van der Waals surface area contributed by atoms with Gasteiger partial charge in [-0.3, -0.25) is 14.5 Å². The summed E-state index contributed by atoms with van der Waals surface area (Å²) in [5, 5.41) is 2.78. The van der Waals surface area contributed by atoms with E-state index >= 15 is 0 Å². The molecule has 3 aromatic carbocycles. The van der Waals surface area contributed by atoms with Crippen LogP contribution in [0.1, 0.15) is 24.1 Å². The van der Waals surface area contributed by atoms with Crippen LogP contribution in [0.5, 0.6) is 5.75 Å². The standard InChI is InChI=1S/C27H25N3O4S/c1-27(19-11-8-12-20(15-19)34-2)25(32)29(26(33)28-27)16-24(31)30-21-13-6-7-14-23(21)35-17-22(30)18-9-4-3-5-10-18/h3-15,22H,16-17H2,1-2H3,(H,28,33). The number of para-hydroxylation sites is 1. The summed E-state index contributed by atoms with van der Waals surface area (Å²) in [7, 11) is 1.54. The Balaban J connectivity index is 1.45. The number of carbonyl (C=O) groups is 3. The Labute approximate surface area is 208 Å². The number of hydrogen-bond acceptors (Lipinski definition) is 5. The number of nitrogens with one attached hydrogen (secondary N) is 1. The smallest absolute Gasteiger partial charge is 0.325 e. The number of urea groups is 1. The molecule has 4 amide bonds. The van der Waals surface area contributed by atoms with Gasteiger partial charge in [-0.15, -0.1) is 11.8 Å².